The Hall–Kier alpha value is -1.36. The zero-order chi connectivity index (χ0) is 17.3. The van der Waals surface area contributed by atoms with Gasteiger partial charge in [0.15, 0.2) is 0 Å². The Morgan fingerprint density at radius 2 is 1.42 bits per heavy atom. The first-order valence-electron chi connectivity index (χ1n) is 8.60. The Labute approximate surface area is 159 Å². The van der Waals surface area contributed by atoms with Crippen molar-refractivity contribution in [3.63, 3.8) is 0 Å². The van der Waals surface area contributed by atoms with Gasteiger partial charge in [-0.2, -0.15) is 0 Å². The largest absolute Gasteiger partial charge is 0.356 e. The maximum atomic E-state index is 11.2. The molecule has 3 heteroatoms. The number of alkyl halides is 1. The highest BCUT2D eigenvalue weighted by Crippen LogP contribution is 2.41. The first kappa shape index (κ1) is 19.0. The molecule has 0 fully saturated rings. The minimum Gasteiger partial charge on any atom is -0.356 e. The smallest absolute Gasteiger partial charge is 0.216 e. The number of nitrogens with one attached hydrogen (secondary N) is 1. The molecule has 24 heavy (non-hydrogen) atoms. The van der Waals surface area contributed by atoms with Crippen LogP contribution in [0.15, 0.2) is 60.7 Å². The fourth-order valence-electron chi connectivity index (χ4n) is 3.41. The Kier molecular flexibility index (Phi) is 7.76. The van der Waals surface area contributed by atoms with Crippen molar-refractivity contribution in [2.45, 2.75) is 38.0 Å². The van der Waals surface area contributed by atoms with Crippen LogP contribution in [-0.2, 0) is 10.2 Å². The van der Waals surface area contributed by atoms with E-state index in [2.05, 4.69) is 88.6 Å². The van der Waals surface area contributed by atoms with E-state index in [0.717, 1.165) is 30.2 Å². The molecule has 2 nitrogen and oxygen atoms in total. The standard InChI is InChI=1S/C21H26INO/c1-18(24)23-17-9-15-21(14-8-16-22,19-10-4-2-5-11-19)20-12-6-3-7-13-20/h2-7,10-13H,8-9,14-17H2,1H3,(H,23,24). The molecular weight excluding hydrogens is 409 g/mol. The van der Waals surface area contributed by atoms with Crippen LogP contribution in [0.4, 0.5) is 0 Å². The summed E-state index contributed by atoms with van der Waals surface area (Å²) in [5.41, 5.74) is 2.78. The topological polar surface area (TPSA) is 29.1 Å². The van der Waals surface area contributed by atoms with Crippen LogP contribution in [0.1, 0.15) is 43.7 Å². The molecule has 0 saturated heterocycles. The van der Waals surface area contributed by atoms with E-state index in [-0.39, 0.29) is 11.3 Å². The van der Waals surface area contributed by atoms with Crippen molar-refractivity contribution in [1.29, 1.82) is 0 Å². The summed E-state index contributed by atoms with van der Waals surface area (Å²) >= 11 is 2.46. The van der Waals surface area contributed by atoms with Crippen molar-refractivity contribution < 1.29 is 4.79 Å². The second-order valence-corrected chi connectivity index (χ2v) is 7.27. The van der Waals surface area contributed by atoms with Gasteiger partial charge >= 0.3 is 0 Å². The molecule has 0 unspecified atom stereocenters. The monoisotopic (exact) mass is 435 g/mol. The van der Waals surface area contributed by atoms with E-state index in [9.17, 15) is 4.79 Å². The van der Waals surface area contributed by atoms with Gasteiger partial charge in [0.25, 0.3) is 0 Å². The molecule has 0 heterocycles. The molecular formula is C21H26INO. The lowest BCUT2D eigenvalue weighted by Gasteiger charge is -2.35. The Bertz CT molecular complexity index is 573. The van der Waals surface area contributed by atoms with Gasteiger partial charge in [-0.25, -0.2) is 0 Å². The van der Waals surface area contributed by atoms with Crippen molar-refractivity contribution in [3.05, 3.63) is 71.8 Å². The molecule has 2 aromatic carbocycles. The van der Waals surface area contributed by atoms with E-state index in [1.807, 2.05) is 0 Å². The number of halogens is 1. The van der Waals surface area contributed by atoms with Gasteiger partial charge in [-0.1, -0.05) is 83.3 Å². The number of carbonyl (C=O) groups excluding carboxylic acids is 1. The molecule has 0 atom stereocenters. The molecule has 0 aromatic heterocycles. The highest BCUT2D eigenvalue weighted by molar-refractivity contribution is 14.1. The van der Waals surface area contributed by atoms with Crippen LogP contribution in [0, 0.1) is 0 Å². The maximum Gasteiger partial charge on any atom is 0.216 e. The van der Waals surface area contributed by atoms with Crippen molar-refractivity contribution in [1.82, 2.24) is 5.32 Å². The van der Waals surface area contributed by atoms with E-state index >= 15 is 0 Å². The van der Waals surface area contributed by atoms with E-state index in [1.54, 1.807) is 6.92 Å². The van der Waals surface area contributed by atoms with Gasteiger partial charge in [0, 0.05) is 18.9 Å². The van der Waals surface area contributed by atoms with Crippen molar-refractivity contribution in [3.8, 4) is 0 Å². The number of hydrogen-bond donors (Lipinski definition) is 1. The molecule has 2 rings (SSSR count). The minimum atomic E-state index is 0.0200. The lowest BCUT2D eigenvalue weighted by Crippen LogP contribution is -2.30. The fraction of sp³-hybridized carbons (Fsp3) is 0.381. The molecule has 128 valence electrons. The second kappa shape index (κ2) is 9.82. The first-order chi connectivity index (χ1) is 11.7. The number of carbonyl (C=O) groups is 1. The lowest BCUT2D eigenvalue weighted by molar-refractivity contribution is -0.118. The summed E-state index contributed by atoms with van der Waals surface area (Å²) in [6.45, 7) is 2.32. The predicted molar refractivity (Wildman–Crippen MR) is 110 cm³/mol. The maximum absolute atomic E-state index is 11.2. The van der Waals surface area contributed by atoms with Crippen molar-refractivity contribution in [2.24, 2.45) is 0 Å². The van der Waals surface area contributed by atoms with Gasteiger partial charge in [0.2, 0.25) is 5.91 Å². The molecule has 1 N–H and O–H groups in total. The number of benzene rings is 2. The van der Waals surface area contributed by atoms with Crippen LogP contribution in [0.5, 0.6) is 0 Å². The minimum absolute atomic E-state index is 0.0200. The molecule has 0 bridgehead atoms. The second-order valence-electron chi connectivity index (χ2n) is 6.19. The van der Waals surface area contributed by atoms with E-state index in [4.69, 9.17) is 0 Å². The Morgan fingerprint density at radius 1 is 0.917 bits per heavy atom. The molecule has 0 spiro atoms. The summed E-state index contributed by atoms with van der Waals surface area (Å²) in [7, 11) is 0. The van der Waals surface area contributed by atoms with Gasteiger partial charge in [-0.15, -0.1) is 0 Å². The normalized spacial score (nSPS) is 11.2. The summed E-state index contributed by atoms with van der Waals surface area (Å²) in [6, 6.07) is 21.7. The molecule has 0 aliphatic carbocycles. The molecule has 0 radical (unpaired) electrons. The van der Waals surface area contributed by atoms with E-state index < -0.39 is 0 Å². The Balaban J connectivity index is 2.34. The van der Waals surface area contributed by atoms with Crippen molar-refractivity contribution >= 4 is 28.5 Å². The first-order valence-corrected chi connectivity index (χ1v) is 10.1. The molecule has 2 aromatic rings. The van der Waals surface area contributed by atoms with Gasteiger partial charge < -0.3 is 5.32 Å². The summed E-state index contributed by atoms with van der Waals surface area (Å²) in [5, 5.41) is 2.94. The van der Waals surface area contributed by atoms with Crippen LogP contribution < -0.4 is 5.32 Å². The quantitative estimate of drug-likeness (QED) is 0.331. The zero-order valence-electron chi connectivity index (χ0n) is 14.3. The predicted octanol–water partition coefficient (Wildman–Crippen LogP) is 5.10. The van der Waals surface area contributed by atoms with Gasteiger partial charge in [-0.05, 0) is 41.2 Å². The zero-order valence-corrected chi connectivity index (χ0v) is 16.5. The molecule has 0 saturated carbocycles. The van der Waals surface area contributed by atoms with Crippen LogP contribution in [-0.4, -0.2) is 16.9 Å². The highest BCUT2D eigenvalue weighted by atomic mass is 127. The van der Waals surface area contributed by atoms with Gasteiger partial charge in [0.05, 0.1) is 0 Å². The van der Waals surface area contributed by atoms with Crippen LogP contribution >= 0.6 is 22.6 Å². The summed E-state index contributed by atoms with van der Waals surface area (Å²) < 4.78 is 1.16. The average Bonchev–Trinajstić information content (AvgIpc) is 2.63. The summed E-state index contributed by atoms with van der Waals surface area (Å²) in [5.74, 6) is 0.0484. The summed E-state index contributed by atoms with van der Waals surface area (Å²) in [4.78, 5) is 11.2. The average molecular weight is 435 g/mol. The molecule has 0 aliphatic heterocycles. The third kappa shape index (κ3) is 5.07. The third-order valence-corrected chi connectivity index (χ3v) is 5.31. The highest BCUT2D eigenvalue weighted by Gasteiger charge is 2.32. The van der Waals surface area contributed by atoms with Crippen LogP contribution in [0.3, 0.4) is 0 Å². The Morgan fingerprint density at radius 3 is 1.88 bits per heavy atom. The number of rotatable bonds is 9. The SMILES string of the molecule is CC(=O)NCCCC(CCCI)(c1ccccc1)c1ccccc1. The van der Waals surface area contributed by atoms with Gasteiger partial charge in [0.1, 0.15) is 0 Å². The van der Waals surface area contributed by atoms with Crippen LogP contribution in [0.2, 0.25) is 0 Å². The molecule has 1 amide bonds. The summed E-state index contributed by atoms with van der Waals surface area (Å²) in [6.07, 6.45) is 4.33. The van der Waals surface area contributed by atoms with E-state index in [0.29, 0.717) is 0 Å². The van der Waals surface area contributed by atoms with Gasteiger partial charge in [-0.3, -0.25) is 4.79 Å². The van der Waals surface area contributed by atoms with Crippen LogP contribution in [0.25, 0.3) is 0 Å². The fourth-order valence-corrected chi connectivity index (χ4v) is 3.79. The lowest BCUT2D eigenvalue weighted by atomic mass is 9.68. The van der Waals surface area contributed by atoms with E-state index in [1.165, 1.54) is 17.5 Å². The molecule has 0 aliphatic rings. The van der Waals surface area contributed by atoms with Crippen molar-refractivity contribution in [2.75, 3.05) is 11.0 Å². The number of hydrogen-bond acceptors (Lipinski definition) is 1. The third-order valence-electron chi connectivity index (χ3n) is 4.54. The number of amides is 1.